The molecular weight excluding hydrogens is 378 g/mol. The van der Waals surface area contributed by atoms with Gasteiger partial charge in [-0.1, -0.05) is 50.6 Å². The summed E-state index contributed by atoms with van der Waals surface area (Å²) in [6.07, 6.45) is 3.03. The van der Waals surface area contributed by atoms with E-state index in [1.807, 2.05) is 35.2 Å². The molecule has 0 bridgehead atoms. The van der Waals surface area contributed by atoms with Crippen molar-refractivity contribution < 1.29 is 14.6 Å². The minimum Gasteiger partial charge on any atom is -0.508 e. The van der Waals surface area contributed by atoms with E-state index in [2.05, 4.69) is 36.8 Å². The van der Waals surface area contributed by atoms with Crippen LogP contribution in [0.3, 0.4) is 0 Å². The Morgan fingerprint density at radius 1 is 1.00 bits per heavy atom. The van der Waals surface area contributed by atoms with Gasteiger partial charge in [0.15, 0.2) is 0 Å². The smallest absolute Gasteiger partial charge is 0.242 e. The van der Waals surface area contributed by atoms with Crippen LogP contribution in [-0.4, -0.2) is 35.1 Å². The van der Waals surface area contributed by atoms with Crippen LogP contribution in [0.2, 0.25) is 0 Å². The molecule has 2 saturated heterocycles. The number of carbonyl (C=O) groups is 1. The molecule has 4 unspecified atom stereocenters. The van der Waals surface area contributed by atoms with Crippen molar-refractivity contribution in [2.75, 3.05) is 13.2 Å². The van der Waals surface area contributed by atoms with Crippen LogP contribution in [0.4, 0.5) is 0 Å². The Labute approximate surface area is 178 Å². The van der Waals surface area contributed by atoms with Gasteiger partial charge in [0.2, 0.25) is 5.91 Å². The van der Waals surface area contributed by atoms with Gasteiger partial charge in [-0.2, -0.15) is 0 Å². The molecule has 2 aromatic carbocycles. The number of fused-ring (bicyclic) bond motifs is 1. The number of aromatic hydroxyl groups is 1. The first-order chi connectivity index (χ1) is 14.7. The Morgan fingerprint density at radius 2 is 1.73 bits per heavy atom. The van der Waals surface area contributed by atoms with E-state index in [0.29, 0.717) is 13.2 Å². The lowest BCUT2D eigenvalue weighted by Crippen LogP contribution is -2.41. The number of benzene rings is 2. The highest BCUT2D eigenvalue weighted by Gasteiger charge is 2.55. The Hall–Kier alpha value is -2.57. The van der Waals surface area contributed by atoms with Crippen molar-refractivity contribution in [1.29, 1.82) is 0 Å². The van der Waals surface area contributed by atoms with Crippen LogP contribution in [0.15, 0.2) is 48.5 Å². The number of hydrazine groups is 1. The first-order valence-electron chi connectivity index (χ1n) is 11.0. The number of ether oxygens (including phenoxy) is 1. The van der Waals surface area contributed by atoms with Crippen LogP contribution in [-0.2, 0) is 4.79 Å². The highest BCUT2D eigenvalue weighted by molar-refractivity contribution is 5.86. The molecule has 0 aliphatic carbocycles. The molecule has 2 aliphatic heterocycles. The van der Waals surface area contributed by atoms with Crippen molar-refractivity contribution in [1.82, 2.24) is 15.8 Å². The molecule has 3 N–H and O–H groups in total. The van der Waals surface area contributed by atoms with Crippen LogP contribution in [0.5, 0.6) is 11.5 Å². The second kappa shape index (κ2) is 9.06. The quantitative estimate of drug-likeness (QED) is 0.580. The summed E-state index contributed by atoms with van der Waals surface area (Å²) < 4.78 is 5.81. The molecule has 0 radical (unpaired) electrons. The van der Waals surface area contributed by atoms with Gasteiger partial charge in [0, 0.05) is 18.0 Å². The van der Waals surface area contributed by atoms with E-state index in [9.17, 15) is 9.90 Å². The van der Waals surface area contributed by atoms with Crippen LogP contribution >= 0.6 is 0 Å². The molecule has 4 rings (SSSR count). The summed E-state index contributed by atoms with van der Waals surface area (Å²) in [5, 5.41) is 10.4. The lowest BCUT2D eigenvalue weighted by Gasteiger charge is -2.31. The summed E-state index contributed by atoms with van der Waals surface area (Å²) in [5.74, 6) is 1.19. The van der Waals surface area contributed by atoms with Crippen molar-refractivity contribution in [2.45, 2.75) is 51.2 Å². The van der Waals surface area contributed by atoms with Gasteiger partial charge < -0.3 is 14.7 Å². The van der Waals surface area contributed by atoms with E-state index >= 15 is 0 Å². The Balaban J connectivity index is 1.65. The Bertz CT molecular complexity index is 870. The fraction of sp³-hybridized carbons (Fsp3) is 0.458. The second-order valence-electron chi connectivity index (χ2n) is 8.13. The van der Waals surface area contributed by atoms with Crippen molar-refractivity contribution in [3.05, 3.63) is 59.7 Å². The molecule has 2 heterocycles. The summed E-state index contributed by atoms with van der Waals surface area (Å²) in [5.41, 5.74) is 8.38. The maximum atomic E-state index is 13.2. The third-order valence-electron chi connectivity index (χ3n) is 6.14. The molecule has 1 amide bonds. The predicted molar refractivity (Wildman–Crippen MR) is 116 cm³/mol. The maximum absolute atomic E-state index is 13.2. The van der Waals surface area contributed by atoms with E-state index in [1.165, 1.54) is 0 Å². The minimum atomic E-state index is -0.313. The van der Waals surface area contributed by atoms with Gasteiger partial charge in [-0.25, -0.2) is 10.9 Å². The average Bonchev–Trinajstić information content (AvgIpc) is 3.29. The molecule has 6 nitrogen and oxygen atoms in total. The molecule has 0 spiro atoms. The molecule has 30 heavy (non-hydrogen) atoms. The average molecular weight is 410 g/mol. The van der Waals surface area contributed by atoms with Crippen LogP contribution in [0.25, 0.3) is 0 Å². The van der Waals surface area contributed by atoms with E-state index in [1.54, 1.807) is 6.07 Å². The third-order valence-corrected chi connectivity index (χ3v) is 6.14. The summed E-state index contributed by atoms with van der Waals surface area (Å²) in [6.45, 7) is 5.66. The van der Waals surface area contributed by atoms with Crippen molar-refractivity contribution >= 4 is 5.91 Å². The fourth-order valence-corrected chi connectivity index (χ4v) is 4.70. The summed E-state index contributed by atoms with van der Waals surface area (Å²) in [6, 6.07) is 15.0. The number of nitrogens with one attached hydrogen (secondary N) is 2. The zero-order valence-corrected chi connectivity index (χ0v) is 17.7. The Kier molecular flexibility index (Phi) is 6.25. The lowest BCUT2D eigenvalue weighted by atomic mass is 9.83. The van der Waals surface area contributed by atoms with Gasteiger partial charge in [-0.15, -0.1) is 0 Å². The SMILES string of the molecule is CCCCOc1ccc(C2C3C(NNC3c3ccccc3O)C(=O)N2CCC)cc1. The maximum Gasteiger partial charge on any atom is 0.242 e. The number of para-hydroxylation sites is 1. The van der Waals surface area contributed by atoms with Crippen LogP contribution in [0, 0.1) is 5.92 Å². The van der Waals surface area contributed by atoms with Gasteiger partial charge in [0.25, 0.3) is 0 Å². The van der Waals surface area contributed by atoms with Crippen molar-refractivity contribution in [2.24, 2.45) is 5.92 Å². The van der Waals surface area contributed by atoms with Crippen LogP contribution < -0.4 is 15.6 Å². The number of likely N-dealkylation sites (tertiary alicyclic amines) is 1. The molecule has 6 heteroatoms. The molecule has 4 atom stereocenters. The lowest BCUT2D eigenvalue weighted by molar-refractivity contribution is -0.130. The van der Waals surface area contributed by atoms with E-state index in [0.717, 1.165) is 36.1 Å². The van der Waals surface area contributed by atoms with Gasteiger partial charge in [0.05, 0.1) is 18.7 Å². The number of unbranched alkanes of at least 4 members (excludes halogenated alkanes) is 1. The number of hydrogen-bond acceptors (Lipinski definition) is 5. The topological polar surface area (TPSA) is 73.8 Å². The zero-order chi connectivity index (χ0) is 21.1. The number of carbonyl (C=O) groups excluding carboxylic acids is 1. The standard InChI is InChI=1S/C24H31N3O3/c1-3-5-15-30-17-12-10-16(11-13-17)23-20-21(18-8-6-7-9-19(18)28)25-26-22(20)24(29)27(23)14-4-2/h6-13,20-23,25-26,28H,3-5,14-15H2,1-2H3. The normalized spacial score (nSPS) is 25.5. The molecule has 2 fully saturated rings. The van der Waals surface area contributed by atoms with E-state index in [-0.39, 0.29) is 35.7 Å². The highest BCUT2D eigenvalue weighted by Crippen LogP contribution is 2.48. The molecular formula is C24H31N3O3. The summed E-state index contributed by atoms with van der Waals surface area (Å²) in [7, 11) is 0. The van der Waals surface area contributed by atoms with Crippen molar-refractivity contribution in [3.63, 3.8) is 0 Å². The van der Waals surface area contributed by atoms with Gasteiger partial charge in [-0.05, 0) is 36.6 Å². The number of phenols is 1. The number of amides is 1. The first-order valence-corrected chi connectivity index (χ1v) is 11.0. The summed E-state index contributed by atoms with van der Waals surface area (Å²) >= 11 is 0. The fourth-order valence-electron chi connectivity index (χ4n) is 4.70. The van der Waals surface area contributed by atoms with E-state index in [4.69, 9.17) is 4.74 Å². The second-order valence-corrected chi connectivity index (χ2v) is 8.13. The van der Waals surface area contributed by atoms with Gasteiger partial charge >= 0.3 is 0 Å². The number of rotatable bonds is 8. The van der Waals surface area contributed by atoms with Gasteiger partial charge in [-0.3, -0.25) is 4.79 Å². The first kappa shape index (κ1) is 20.7. The molecule has 0 aromatic heterocycles. The number of nitrogens with zero attached hydrogens (tertiary/aromatic N) is 1. The summed E-state index contributed by atoms with van der Waals surface area (Å²) in [4.78, 5) is 15.2. The van der Waals surface area contributed by atoms with Crippen molar-refractivity contribution in [3.8, 4) is 11.5 Å². The highest BCUT2D eigenvalue weighted by atomic mass is 16.5. The third kappa shape index (κ3) is 3.77. The zero-order valence-electron chi connectivity index (χ0n) is 17.7. The number of hydrogen-bond donors (Lipinski definition) is 3. The van der Waals surface area contributed by atoms with Crippen LogP contribution in [0.1, 0.15) is 56.3 Å². The Morgan fingerprint density at radius 3 is 2.43 bits per heavy atom. The largest absolute Gasteiger partial charge is 0.508 e. The molecule has 2 aromatic rings. The van der Waals surface area contributed by atoms with E-state index < -0.39 is 0 Å². The monoisotopic (exact) mass is 409 g/mol. The molecule has 0 saturated carbocycles. The molecule has 160 valence electrons. The van der Waals surface area contributed by atoms with Gasteiger partial charge in [0.1, 0.15) is 17.5 Å². The number of phenolic OH excluding ortho intramolecular Hbond substituents is 1. The minimum absolute atomic E-state index is 0.0239. The molecule has 2 aliphatic rings. The predicted octanol–water partition coefficient (Wildman–Crippen LogP) is 3.70.